The van der Waals surface area contributed by atoms with E-state index in [-0.39, 0.29) is 0 Å². The molecule has 4 nitrogen and oxygen atoms in total. The van der Waals surface area contributed by atoms with E-state index >= 15 is 0 Å². The molecule has 0 aliphatic carbocycles. The second-order valence-electron chi connectivity index (χ2n) is 5.66. The lowest BCUT2D eigenvalue weighted by Crippen LogP contribution is -2.50. The molecular weight excluding hydrogens is 212 g/mol. The van der Waals surface area contributed by atoms with Gasteiger partial charge in [-0.05, 0) is 53.0 Å². The first kappa shape index (κ1) is 13.3. The van der Waals surface area contributed by atoms with Gasteiger partial charge in [0.15, 0.2) is 0 Å². The average molecular weight is 240 g/mol. The number of nitrogens with one attached hydrogen (secondary N) is 2. The van der Waals surface area contributed by atoms with E-state index in [0.717, 1.165) is 25.2 Å². The van der Waals surface area contributed by atoms with E-state index in [1.807, 2.05) is 0 Å². The molecule has 0 radical (unpaired) electrons. The van der Waals surface area contributed by atoms with Crippen LogP contribution in [0.2, 0.25) is 0 Å². The third kappa shape index (κ3) is 4.21. The van der Waals surface area contributed by atoms with Crippen LogP contribution in [0.1, 0.15) is 19.3 Å². The summed E-state index contributed by atoms with van der Waals surface area (Å²) in [5.41, 5.74) is 0. The van der Waals surface area contributed by atoms with Crippen LogP contribution in [0.25, 0.3) is 0 Å². The molecule has 0 bridgehead atoms. The Labute approximate surface area is 106 Å². The first-order valence-electron chi connectivity index (χ1n) is 7.08. The first-order chi connectivity index (χ1) is 8.25. The highest BCUT2D eigenvalue weighted by atomic mass is 15.2. The first-order valence-corrected chi connectivity index (χ1v) is 7.08. The van der Waals surface area contributed by atoms with Gasteiger partial charge in [0.05, 0.1) is 0 Å². The molecule has 2 heterocycles. The molecule has 4 heteroatoms. The lowest BCUT2D eigenvalue weighted by molar-refractivity contribution is 0.183. The van der Waals surface area contributed by atoms with Crippen molar-refractivity contribution in [1.82, 2.24) is 20.4 Å². The van der Waals surface area contributed by atoms with Crippen LogP contribution >= 0.6 is 0 Å². The number of likely N-dealkylation sites (tertiary alicyclic amines) is 1. The van der Waals surface area contributed by atoms with Gasteiger partial charge in [0.1, 0.15) is 0 Å². The Kier molecular flexibility index (Phi) is 5.22. The maximum Gasteiger partial charge on any atom is 0.0230 e. The van der Waals surface area contributed by atoms with Gasteiger partial charge in [-0.3, -0.25) is 0 Å². The third-order valence-electron chi connectivity index (χ3n) is 4.27. The number of hydrogen-bond donors (Lipinski definition) is 2. The molecule has 2 saturated heterocycles. The molecule has 1 unspecified atom stereocenters. The Bertz CT molecular complexity index is 213. The molecule has 2 rings (SSSR count). The Hall–Kier alpha value is -0.160. The van der Waals surface area contributed by atoms with Crippen molar-refractivity contribution in [3.63, 3.8) is 0 Å². The topological polar surface area (TPSA) is 30.5 Å². The summed E-state index contributed by atoms with van der Waals surface area (Å²) >= 11 is 0. The molecule has 0 aromatic carbocycles. The number of piperazine rings is 1. The van der Waals surface area contributed by atoms with Gasteiger partial charge in [-0.15, -0.1) is 0 Å². The fraction of sp³-hybridized carbons (Fsp3) is 1.00. The van der Waals surface area contributed by atoms with Crippen molar-refractivity contribution >= 4 is 0 Å². The van der Waals surface area contributed by atoms with Crippen LogP contribution in [-0.4, -0.2) is 75.2 Å². The van der Waals surface area contributed by atoms with Gasteiger partial charge >= 0.3 is 0 Å². The average Bonchev–Trinajstić information content (AvgIpc) is 2.34. The Morgan fingerprint density at radius 1 is 1.18 bits per heavy atom. The molecule has 17 heavy (non-hydrogen) atoms. The second-order valence-corrected chi connectivity index (χ2v) is 5.66. The van der Waals surface area contributed by atoms with E-state index in [9.17, 15) is 0 Å². The molecule has 0 aromatic heterocycles. The fourth-order valence-electron chi connectivity index (χ4n) is 2.85. The van der Waals surface area contributed by atoms with E-state index in [4.69, 9.17) is 0 Å². The number of hydrogen-bond acceptors (Lipinski definition) is 4. The molecule has 2 fully saturated rings. The van der Waals surface area contributed by atoms with Crippen LogP contribution in [0.4, 0.5) is 0 Å². The van der Waals surface area contributed by atoms with E-state index in [2.05, 4.69) is 34.5 Å². The summed E-state index contributed by atoms with van der Waals surface area (Å²) in [6, 6.07) is 1.48. The summed E-state index contributed by atoms with van der Waals surface area (Å²) in [4.78, 5) is 4.92. The zero-order valence-electron chi connectivity index (χ0n) is 11.4. The highest BCUT2D eigenvalue weighted by Crippen LogP contribution is 2.09. The summed E-state index contributed by atoms with van der Waals surface area (Å²) in [6.07, 6.45) is 3.90. The SMILES string of the molecule is CN1CCC(NCCC2CNCCN2C)CC1. The third-order valence-corrected chi connectivity index (χ3v) is 4.27. The molecule has 0 aromatic rings. The standard InChI is InChI=1S/C13H28N4/c1-16-8-4-12(5-9-16)15-6-3-13-11-14-7-10-17(13)2/h12-15H,3-11H2,1-2H3. The zero-order valence-corrected chi connectivity index (χ0v) is 11.4. The van der Waals surface area contributed by atoms with Crippen molar-refractivity contribution < 1.29 is 0 Å². The van der Waals surface area contributed by atoms with E-state index in [1.165, 1.54) is 45.4 Å². The van der Waals surface area contributed by atoms with Gasteiger partial charge in [-0.2, -0.15) is 0 Å². The summed E-state index contributed by atoms with van der Waals surface area (Å²) in [6.45, 7) is 7.18. The van der Waals surface area contributed by atoms with Gasteiger partial charge in [0, 0.05) is 31.7 Å². The highest BCUT2D eigenvalue weighted by molar-refractivity contribution is 4.80. The monoisotopic (exact) mass is 240 g/mol. The van der Waals surface area contributed by atoms with Gasteiger partial charge < -0.3 is 20.4 Å². The van der Waals surface area contributed by atoms with Crippen LogP contribution in [0.3, 0.4) is 0 Å². The second kappa shape index (κ2) is 6.69. The quantitative estimate of drug-likeness (QED) is 0.722. The Morgan fingerprint density at radius 3 is 2.65 bits per heavy atom. The van der Waals surface area contributed by atoms with Crippen LogP contribution in [0.5, 0.6) is 0 Å². The minimum absolute atomic E-state index is 0.725. The highest BCUT2D eigenvalue weighted by Gasteiger charge is 2.19. The van der Waals surface area contributed by atoms with Crippen molar-refractivity contribution in [3.8, 4) is 0 Å². The summed E-state index contributed by atoms with van der Waals surface area (Å²) < 4.78 is 0. The molecule has 0 saturated carbocycles. The summed E-state index contributed by atoms with van der Waals surface area (Å²) in [7, 11) is 4.47. The molecule has 0 amide bonds. The van der Waals surface area contributed by atoms with Crippen molar-refractivity contribution in [2.24, 2.45) is 0 Å². The summed E-state index contributed by atoms with van der Waals surface area (Å²) in [5.74, 6) is 0. The molecule has 1 atom stereocenters. The Morgan fingerprint density at radius 2 is 1.94 bits per heavy atom. The van der Waals surface area contributed by atoms with Crippen molar-refractivity contribution in [1.29, 1.82) is 0 Å². The Balaban J connectivity index is 1.59. The zero-order chi connectivity index (χ0) is 12.1. The minimum Gasteiger partial charge on any atom is -0.314 e. The normalized spacial score (nSPS) is 29.6. The molecule has 0 spiro atoms. The maximum atomic E-state index is 3.73. The molecule has 100 valence electrons. The van der Waals surface area contributed by atoms with Crippen LogP contribution in [0.15, 0.2) is 0 Å². The van der Waals surface area contributed by atoms with E-state index < -0.39 is 0 Å². The largest absolute Gasteiger partial charge is 0.314 e. The van der Waals surface area contributed by atoms with E-state index in [1.54, 1.807) is 0 Å². The van der Waals surface area contributed by atoms with Gasteiger partial charge in [-0.1, -0.05) is 0 Å². The molecule has 2 aliphatic rings. The van der Waals surface area contributed by atoms with Crippen molar-refractivity contribution in [2.45, 2.75) is 31.3 Å². The van der Waals surface area contributed by atoms with Crippen molar-refractivity contribution in [3.05, 3.63) is 0 Å². The lowest BCUT2D eigenvalue weighted by Gasteiger charge is -2.34. The number of likely N-dealkylation sites (N-methyl/N-ethyl adjacent to an activating group) is 1. The van der Waals surface area contributed by atoms with E-state index in [0.29, 0.717) is 0 Å². The number of nitrogens with zero attached hydrogens (tertiary/aromatic N) is 2. The van der Waals surface area contributed by atoms with Crippen LogP contribution in [0, 0.1) is 0 Å². The molecule has 2 N–H and O–H groups in total. The fourth-order valence-corrected chi connectivity index (χ4v) is 2.85. The van der Waals surface area contributed by atoms with Crippen LogP contribution in [-0.2, 0) is 0 Å². The predicted octanol–water partition coefficient (Wildman–Crippen LogP) is -0.0361. The lowest BCUT2D eigenvalue weighted by atomic mass is 10.0. The van der Waals surface area contributed by atoms with Gasteiger partial charge in [-0.25, -0.2) is 0 Å². The summed E-state index contributed by atoms with van der Waals surface area (Å²) in [5, 5.41) is 7.21. The number of rotatable bonds is 4. The van der Waals surface area contributed by atoms with Gasteiger partial charge in [0.25, 0.3) is 0 Å². The van der Waals surface area contributed by atoms with Crippen LogP contribution < -0.4 is 10.6 Å². The van der Waals surface area contributed by atoms with Crippen molar-refractivity contribution in [2.75, 3.05) is 53.4 Å². The predicted molar refractivity (Wildman–Crippen MR) is 72.4 cm³/mol. The molecule has 2 aliphatic heterocycles. The molecular formula is C13H28N4. The maximum absolute atomic E-state index is 3.73. The smallest absolute Gasteiger partial charge is 0.0230 e. The minimum atomic E-state index is 0.725. The number of piperidine rings is 1. The van der Waals surface area contributed by atoms with Gasteiger partial charge in [0.2, 0.25) is 0 Å².